The van der Waals surface area contributed by atoms with Crippen molar-refractivity contribution in [1.29, 1.82) is 0 Å². The van der Waals surface area contributed by atoms with Gasteiger partial charge >= 0.3 is 12.1 Å². The third kappa shape index (κ3) is 7.83. The van der Waals surface area contributed by atoms with E-state index < -0.39 is 53.1 Å². The van der Waals surface area contributed by atoms with E-state index in [4.69, 9.17) is 27.8 Å². The number of aromatic nitrogens is 4. The number of cyclic esters (lactones) is 1. The molecule has 13 nitrogen and oxygen atoms in total. The van der Waals surface area contributed by atoms with Crippen LogP contribution in [0.25, 0.3) is 10.6 Å². The Morgan fingerprint density at radius 3 is 2.51 bits per heavy atom. The molecule has 0 spiro atoms. The number of fused-ring (bicyclic) bond motifs is 1. The summed E-state index contributed by atoms with van der Waals surface area (Å²) in [6.07, 6.45) is 4.68. The van der Waals surface area contributed by atoms with Gasteiger partial charge in [-0.25, -0.2) is 9.78 Å². The number of hydrogen-bond donors (Lipinski definition) is 2. The lowest BCUT2D eigenvalue weighted by molar-refractivity contribution is -0.170. The van der Waals surface area contributed by atoms with Gasteiger partial charge in [0.1, 0.15) is 23.5 Å². The third-order valence-corrected chi connectivity index (χ3v) is 10.9. The van der Waals surface area contributed by atoms with E-state index in [-0.39, 0.29) is 17.7 Å². The molecule has 47 heavy (non-hydrogen) atoms. The fourth-order valence-corrected chi connectivity index (χ4v) is 7.78. The summed E-state index contributed by atoms with van der Waals surface area (Å²) in [7, 11) is 8.24. The first kappa shape index (κ1) is 36.8. The van der Waals surface area contributed by atoms with E-state index in [0.29, 0.717) is 49.7 Å². The molecule has 15 heteroatoms. The summed E-state index contributed by atoms with van der Waals surface area (Å²) in [5.74, 6) is -3.18. The number of nitrogens with two attached hydrogens (primary N) is 1. The van der Waals surface area contributed by atoms with Crippen molar-refractivity contribution in [2.45, 2.75) is 116 Å². The summed E-state index contributed by atoms with van der Waals surface area (Å²) in [6, 6.07) is -0.683. The maximum Gasteiger partial charge on any atom is 0.410 e. The second-order valence-electron chi connectivity index (χ2n) is 13.6. The van der Waals surface area contributed by atoms with E-state index in [0.717, 1.165) is 11.3 Å². The molecule has 3 N–H and O–H groups in total. The van der Waals surface area contributed by atoms with E-state index in [1.54, 1.807) is 36.7 Å². The number of rotatable bonds is 8. The van der Waals surface area contributed by atoms with E-state index in [1.807, 2.05) is 33.9 Å². The zero-order valence-electron chi connectivity index (χ0n) is 28.9. The van der Waals surface area contributed by atoms with Crippen molar-refractivity contribution < 1.29 is 28.6 Å². The topological polar surface area (TPSA) is 164 Å². The first-order valence-corrected chi connectivity index (χ1v) is 17.4. The molecule has 0 bridgehead atoms. The average Bonchev–Trinajstić information content (AvgIpc) is 3.76. The quantitative estimate of drug-likeness (QED) is 0.181. The number of Topliss-reactive ketones (excluding diaryl/α,β-unsaturated/α-hetero) is 1. The predicted octanol–water partition coefficient (Wildman–Crippen LogP) is 3.89. The number of nitrogens with one attached hydrogen (secondary N) is 1. The summed E-state index contributed by atoms with van der Waals surface area (Å²) >= 11 is 1.35. The summed E-state index contributed by atoms with van der Waals surface area (Å²) in [4.78, 5) is 47.2. The second-order valence-corrected chi connectivity index (χ2v) is 14.7. The van der Waals surface area contributed by atoms with Gasteiger partial charge in [-0.15, -0.1) is 5.10 Å². The lowest BCUT2D eigenvalue weighted by atomic mass is 9.62. The number of amides is 1. The second kappa shape index (κ2) is 15.0. The number of carbonyl (C=O) groups is 3. The number of ketones is 1. The predicted molar refractivity (Wildman–Crippen MR) is 180 cm³/mol. The lowest BCUT2D eigenvalue weighted by Gasteiger charge is -2.41. The highest BCUT2D eigenvalue weighted by molar-refractivity contribution is 7.18. The molecule has 2 aromatic rings. The van der Waals surface area contributed by atoms with Gasteiger partial charge in [-0.3, -0.25) is 19.2 Å². The number of aryl methyl sites for hydroxylation is 1. The number of carbonyl (C=O) groups excluding carboxylic acids is 3. The van der Waals surface area contributed by atoms with E-state index in [2.05, 4.69) is 27.5 Å². The Morgan fingerprint density at radius 2 is 1.87 bits per heavy atom. The van der Waals surface area contributed by atoms with Crippen LogP contribution >= 0.6 is 11.3 Å². The minimum absolute atomic E-state index is 0.116. The monoisotopic (exact) mass is 671 g/mol. The maximum atomic E-state index is 13.5. The van der Waals surface area contributed by atoms with Crippen LogP contribution in [-0.2, 0) is 30.3 Å². The number of unbranched alkanes of at least 4 members (excludes halogenated alkanes) is 1. The Kier molecular flexibility index (Phi) is 11.8. The van der Waals surface area contributed by atoms with Crippen LogP contribution in [0.4, 0.5) is 9.93 Å². The van der Waals surface area contributed by atoms with Crippen molar-refractivity contribution in [3.05, 3.63) is 12.4 Å². The summed E-state index contributed by atoms with van der Waals surface area (Å²) < 4.78 is 19.8. The Labute approximate surface area is 283 Å². The Hall–Kier alpha value is -3.04. The van der Waals surface area contributed by atoms with Gasteiger partial charge in [-0.1, -0.05) is 37.3 Å². The van der Waals surface area contributed by atoms with Gasteiger partial charge < -0.3 is 25.3 Å². The Balaban J connectivity index is 1.54. The van der Waals surface area contributed by atoms with Gasteiger partial charge in [0.15, 0.2) is 10.7 Å². The molecule has 4 rings (SSSR count). The van der Waals surface area contributed by atoms with Crippen LogP contribution in [0, 0.1) is 17.8 Å². The van der Waals surface area contributed by atoms with Gasteiger partial charge in [0.05, 0.1) is 30.6 Å². The number of hydrogen-bond acceptors (Lipinski definition) is 12. The molecule has 2 aliphatic heterocycles. The largest absolute Gasteiger partial charge is 0.458 e. The number of methoxy groups -OCH3 is 1. The maximum absolute atomic E-state index is 13.5. The van der Waals surface area contributed by atoms with Crippen molar-refractivity contribution >= 4 is 42.2 Å². The van der Waals surface area contributed by atoms with E-state index >= 15 is 0 Å². The number of nitrogen functional groups attached to an aromatic ring is 1. The van der Waals surface area contributed by atoms with Crippen molar-refractivity contribution in [2.75, 3.05) is 25.9 Å². The lowest BCUT2D eigenvalue weighted by Crippen LogP contribution is -2.61. The molecule has 2 aromatic heterocycles. The zero-order chi connectivity index (χ0) is 34.7. The molecular formula is C32H50BN7O6S. The molecule has 1 amide bonds. The molecule has 0 aliphatic carbocycles. The van der Waals surface area contributed by atoms with Gasteiger partial charge in [0.25, 0.3) is 0 Å². The van der Waals surface area contributed by atoms with Gasteiger partial charge in [-0.05, 0) is 71.7 Å². The molecule has 258 valence electrons. The van der Waals surface area contributed by atoms with Crippen LogP contribution in [0.2, 0.25) is 5.82 Å². The molecule has 2 saturated heterocycles. The minimum Gasteiger partial charge on any atom is -0.458 e. The van der Waals surface area contributed by atoms with Gasteiger partial charge in [-0.2, -0.15) is 0 Å². The molecule has 9 atom stereocenters. The van der Waals surface area contributed by atoms with Crippen molar-refractivity contribution in [1.82, 2.24) is 30.2 Å². The molecule has 2 fully saturated rings. The molecule has 2 aliphatic rings. The number of anilines is 1. The summed E-state index contributed by atoms with van der Waals surface area (Å²) in [5, 5.41) is 12.6. The van der Waals surface area contributed by atoms with Crippen LogP contribution in [0.15, 0.2) is 12.4 Å². The first-order chi connectivity index (χ1) is 22.1. The van der Waals surface area contributed by atoms with E-state index in [9.17, 15) is 14.4 Å². The standard InChI is InChI=1S/C32H50BN7O6S/c1-9-24-32(7)27(40(30(43)46-32)13-11-10-12-39-17-22(37-38-39)23-16-36-29(34)47-23)21(5)35-15-18(2)14-31(6,44-8)26(33)19(3)25(41)20(4)28(42)45-24/h16-21,24,26-27,35H,9-15H2,1-8H3,(H2,34,36)/t18-,19+,20-,21-,24-,26-,27-,31-,32-/m1/s1. The third-order valence-electron chi connectivity index (χ3n) is 10.0. The molecule has 0 aromatic carbocycles. The Morgan fingerprint density at radius 1 is 1.17 bits per heavy atom. The fourth-order valence-electron chi connectivity index (χ4n) is 7.15. The van der Waals surface area contributed by atoms with Crippen LogP contribution in [0.1, 0.15) is 74.1 Å². The highest BCUT2D eigenvalue weighted by Crippen LogP contribution is 2.40. The molecule has 4 heterocycles. The normalized spacial score (nSPS) is 34.3. The minimum atomic E-state index is -1.17. The SMILES string of the molecule is [B][C@@H]1[C@@H](C)C(=O)[C@@H](C)C(=O)O[C@H](CC)[C@@]2(C)OC(=O)N(CCCCn3cc(-c4cnc(N)s4)nn3)[C@@H]2[C@@H](C)NC[C@H](C)C[C@@]1(C)OC. The molecule has 0 saturated carbocycles. The van der Waals surface area contributed by atoms with E-state index in [1.165, 1.54) is 11.3 Å². The van der Waals surface area contributed by atoms with Crippen LogP contribution in [0.5, 0.6) is 0 Å². The zero-order valence-corrected chi connectivity index (χ0v) is 29.7. The summed E-state index contributed by atoms with van der Waals surface area (Å²) in [5.41, 5.74) is 4.49. The first-order valence-electron chi connectivity index (χ1n) is 16.5. The molecule has 2 radical (unpaired) electrons. The number of thiazole rings is 1. The highest BCUT2D eigenvalue weighted by Gasteiger charge is 2.58. The molecular weight excluding hydrogens is 621 g/mol. The highest BCUT2D eigenvalue weighted by atomic mass is 32.1. The van der Waals surface area contributed by atoms with Crippen molar-refractivity contribution in [3.8, 4) is 10.6 Å². The van der Waals surface area contributed by atoms with Gasteiger partial charge in [0, 0.05) is 38.4 Å². The van der Waals surface area contributed by atoms with Crippen molar-refractivity contribution in [2.24, 2.45) is 17.8 Å². The van der Waals surface area contributed by atoms with Crippen molar-refractivity contribution in [3.63, 3.8) is 0 Å². The summed E-state index contributed by atoms with van der Waals surface area (Å²) in [6.45, 7) is 14.7. The van der Waals surface area contributed by atoms with Crippen LogP contribution < -0.4 is 11.1 Å². The fraction of sp³-hybridized carbons (Fsp3) is 0.750. The Bertz CT molecular complexity index is 1410. The average molecular weight is 672 g/mol. The van der Waals surface area contributed by atoms with Crippen LogP contribution in [-0.4, -0.2) is 100 Å². The number of nitrogens with zero attached hydrogens (tertiary/aromatic N) is 5. The van der Waals surface area contributed by atoms with Crippen LogP contribution in [0.3, 0.4) is 0 Å². The van der Waals surface area contributed by atoms with Gasteiger partial charge in [0.2, 0.25) is 0 Å². The smallest absolute Gasteiger partial charge is 0.410 e. The number of esters is 1. The number of ether oxygens (including phenoxy) is 3. The molecule has 0 unspecified atom stereocenters.